The van der Waals surface area contributed by atoms with Gasteiger partial charge in [0, 0.05) is 5.82 Å². The molecular weight excluding hydrogens is 96.9 g/mol. The molecule has 0 saturated heterocycles. The Morgan fingerprint density at radius 2 is 2.12 bits per heavy atom. The summed E-state index contributed by atoms with van der Waals surface area (Å²) < 4.78 is 0. The average Bonchev–Trinajstić information content (AvgIpc) is 1.65. The van der Waals surface area contributed by atoms with Gasteiger partial charge in [0.05, 0.1) is 13.9 Å². The van der Waals surface area contributed by atoms with Crippen molar-refractivity contribution >= 4 is 7.85 Å². The molecule has 0 rings (SSSR count). The molecule has 0 saturated carbocycles. The Bertz CT molecular complexity index is 93.2. The molecule has 0 amide bonds. The Morgan fingerprint density at radius 3 is 2.25 bits per heavy atom. The van der Waals surface area contributed by atoms with Crippen LogP contribution < -0.4 is 0 Å². The molecule has 0 aromatic carbocycles. The van der Waals surface area contributed by atoms with Gasteiger partial charge in [-0.2, -0.15) is 5.26 Å². The summed E-state index contributed by atoms with van der Waals surface area (Å²) in [4.78, 5) is 0. The molecule has 42 valence electrons. The Hall–Kier alpha value is -0.445. The van der Waals surface area contributed by atoms with E-state index in [1.165, 1.54) is 0 Å². The van der Waals surface area contributed by atoms with Gasteiger partial charge in [0.1, 0.15) is 0 Å². The van der Waals surface area contributed by atoms with E-state index < -0.39 is 0 Å². The summed E-state index contributed by atoms with van der Waals surface area (Å²) in [6.07, 6.45) is 0.802. The summed E-state index contributed by atoms with van der Waals surface area (Å²) in [6, 6.07) is 1.97. The summed E-state index contributed by atoms with van der Waals surface area (Å²) in [5.74, 6) is 0.264. The van der Waals surface area contributed by atoms with Crippen LogP contribution in [-0.2, 0) is 0 Å². The summed E-state index contributed by atoms with van der Waals surface area (Å²) in [6.45, 7) is 4.11. The zero-order valence-electron chi connectivity index (χ0n) is 5.39. The van der Waals surface area contributed by atoms with Gasteiger partial charge in [-0.25, -0.2) is 0 Å². The minimum absolute atomic E-state index is 0.269. The van der Waals surface area contributed by atoms with Crippen molar-refractivity contribution in [3.8, 4) is 6.07 Å². The zero-order valence-corrected chi connectivity index (χ0v) is 5.39. The number of hydrogen-bond donors (Lipinski definition) is 0. The van der Waals surface area contributed by atoms with Gasteiger partial charge in [-0.15, -0.1) is 0 Å². The Labute approximate surface area is 52.1 Å². The fourth-order valence-electron chi connectivity index (χ4n) is 0.561. The van der Waals surface area contributed by atoms with Crippen LogP contribution in [0.2, 0.25) is 5.82 Å². The first-order chi connectivity index (χ1) is 3.66. The summed E-state index contributed by atoms with van der Waals surface area (Å²) in [5.41, 5.74) is 0. The van der Waals surface area contributed by atoms with E-state index in [-0.39, 0.29) is 5.82 Å². The lowest BCUT2D eigenvalue weighted by Crippen LogP contribution is -1.94. The van der Waals surface area contributed by atoms with Gasteiger partial charge in [0.25, 0.3) is 0 Å². The molecule has 0 bridgehead atoms. The topological polar surface area (TPSA) is 23.8 Å². The number of hydrogen-bond acceptors (Lipinski definition) is 1. The molecule has 1 nitrogen and oxygen atoms in total. The number of rotatable bonds is 2. The largest absolute Gasteiger partial charge is 0.199 e. The molecule has 2 radical (unpaired) electrons. The van der Waals surface area contributed by atoms with Crippen molar-refractivity contribution in [2.45, 2.75) is 26.1 Å². The van der Waals surface area contributed by atoms with Crippen molar-refractivity contribution in [1.29, 1.82) is 5.26 Å². The number of nitriles is 1. The third-order valence-corrected chi connectivity index (χ3v) is 0.891. The molecule has 2 heteroatoms. The first-order valence-corrected chi connectivity index (χ1v) is 2.82. The van der Waals surface area contributed by atoms with Gasteiger partial charge in [0.15, 0.2) is 0 Å². The third kappa shape index (κ3) is 3.73. The van der Waals surface area contributed by atoms with Gasteiger partial charge in [-0.1, -0.05) is 13.8 Å². The highest BCUT2D eigenvalue weighted by molar-refractivity contribution is 6.13. The molecule has 0 aliphatic rings. The predicted molar refractivity (Wildman–Crippen MR) is 34.6 cm³/mol. The first-order valence-electron chi connectivity index (χ1n) is 2.82. The smallest absolute Gasteiger partial charge is 0.0904 e. The second-order valence-electron chi connectivity index (χ2n) is 2.37. The van der Waals surface area contributed by atoms with Crippen molar-refractivity contribution in [3.63, 3.8) is 0 Å². The highest BCUT2D eigenvalue weighted by atomic mass is 14.2. The van der Waals surface area contributed by atoms with Crippen LogP contribution in [0, 0.1) is 17.2 Å². The van der Waals surface area contributed by atoms with Crippen LogP contribution in [0.25, 0.3) is 0 Å². The second kappa shape index (κ2) is 3.54. The number of nitrogens with zero attached hydrogens (tertiary/aromatic N) is 1. The van der Waals surface area contributed by atoms with Crippen LogP contribution in [-0.4, -0.2) is 7.85 Å². The average molecular weight is 107 g/mol. The summed E-state index contributed by atoms with van der Waals surface area (Å²) >= 11 is 0. The summed E-state index contributed by atoms with van der Waals surface area (Å²) in [5, 5.41) is 8.21. The van der Waals surface area contributed by atoms with E-state index in [1.807, 2.05) is 6.07 Å². The third-order valence-electron chi connectivity index (χ3n) is 0.891. The fourth-order valence-corrected chi connectivity index (χ4v) is 0.561. The van der Waals surface area contributed by atoms with Gasteiger partial charge in [-0.3, -0.25) is 0 Å². The molecule has 0 aromatic rings. The molecule has 0 aromatic heterocycles. The monoisotopic (exact) mass is 107 g/mol. The van der Waals surface area contributed by atoms with Gasteiger partial charge in [-0.05, 0) is 12.3 Å². The van der Waals surface area contributed by atoms with E-state index in [0.717, 1.165) is 6.42 Å². The maximum Gasteiger partial charge on any atom is 0.0904 e. The van der Waals surface area contributed by atoms with E-state index in [0.29, 0.717) is 5.92 Å². The van der Waals surface area contributed by atoms with Crippen LogP contribution in [0.4, 0.5) is 0 Å². The molecule has 0 fully saturated rings. The van der Waals surface area contributed by atoms with E-state index >= 15 is 0 Å². The molecule has 0 spiro atoms. The Morgan fingerprint density at radius 1 is 1.62 bits per heavy atom. The lowest BCUT2D eigenvalue weighted by atomic mass is 9.82. The fraction of sp³-hybridized carbons (Fsp3) is 0.833. The minimum Gasteiger partial charge on any atom is -0.199 e. The lowest BCUT2D eigenvalue weighted by molar-refractivity contribution is 0.597. The molecular formula is C6H10BN. The molecule has 1 atom stereocenters. The Balaban J connectivity index is 3.28. The maximum atomic E-state index is 8.21. The molecule has 0 aliphatic carbocycles. The molecule has 0 N–H and O–H groups in total. The first kappa shape index (κ1) is 7.55. The quantitative estimate of drug-likeness (QED) is 0.490. The normalized spacial score (nSPS) is 13.2. The zero-order chi connectivity index (χ0) is 6.57. The van der Waals surface area contributed by atoms with E-state index in [2.05, 4.69) is 13.8 Å². The predicted octanol–water partition coefficient (Wildman–Crippen LogP) is 1.51. The van der Waals surface area contributed by atoms with Gasteiger partial charge in [0.2, 0.25) is 0 Å². The van der Waals surface area contributed by atoms with Crippen molar-refractivity contribution < 1.29 is 0 Å². The molecule has 0 aliphatic heterocycles. The SMILES string of the molecule is [B][C@@H](C#N)CC(C)C. The molecule has 0 unspecified atom stereocenters. The van der Waals surface area contributed by atoms with Crippen LogP contribution in [0.1, 0.15) is 20.3 Å². The van der Waals surface area contributed by atoms with E-state index in [9.17, 15) is 0 Å². The van der Waals surface area contributed by atoms with Gasteiger partial charge < -0.3 is 0 Å². The molecule has 0 heterocycles. The van der Waals surface area contributed by atoms with Crippen molar-refractivity contribution in [1.82, 2.24) is 0 Å². The van der Waals surface area contributed by atoms with Crippen LogP contribution >= 0.6 is 0 Å². The van der Waals surface area contributed by atoms with Crippen molar-refractivity contribution in [2.75, 3.05) is 0 Å². The van der Waals surface area contributed by atoms with E-state index in [1.54, 1.807) is 0 Å². The van der Waals surface area contributed by atoms with Crippen LogP contribution in [0.5, 0.6) is 0 Å². The van der Waals surface area contributed by atoms with Crippen molar-refractivity contribution in [2.24, 2.45) is 5.92 Å². The maximum absolute atomic E-state index is 8.21. The highest BCUT2D eigenvalue weighted by Crippen LogP contribution is 2.11. The molecule has 8 heavy (non-hydrogen) atoms. The standard InChI is InChI=1S/C6H10BN/c1-5(2)3-6(7)4-8/h5-6H,3H2,1-2H3/t6-/m1/s1. The van der Waals surface area contributed by atoms with E-state index in [4.69, 9.17) is 13.1 Å². The highest BCUT2D eigenvalue weighted by Gasteiger charge is 2.00. The summed E-state index contributed by atoms with van der Waals surface area (Å²) in [7, 11) is 5.31. The van der Waals surface area contributed by atoms with Gasteiger partial charge >= 0.3 is 0 Å². The van der Waals surface area contributed by atoms with Crippen LogP contribution in [0.3, 0.4) is 0 Å². The van der Waals surface area contributed by atoms with Crippen molar-refractivity contribution in [3.05, 3.63) is 0 Å². The Kier molecular flexibility index (Phi) is 3.35. The van der Waals surface area contributed by atoms with Crippen LogP contribution in [0.15, 0.2) is 0 Å². The minimum atomic E-state index is -0.269. The second-order valence-corrected chi connectivity index (χ2v) is 2.37. The lowest BCUT2D eigenvalue weighted by Gasteiger charge is -2.03.